The Labute approximate surface area is 146 Å². The van der Waals surface area contributed by atoms with E-state index in [-0.39, 0.29) is 23.1 Å². The molecule has 0 radical (unpaired) electrons. The molecule has 1 amide bonds. The maximum Gasteiger partial charge on any atom is 0.260 e. The van der Waals surface area contributed by atoms with Crippen molar-refractivity contribution in [3.05, 3.63) is 99.7 Å². The molecule has 1 N–H and O–H groups in total. The number of carbonyl (C=O) groups is 1. The quantitative estimate of drug-likeness (QED) is 0.798. The van der Waals surface area contributed by atoms with Gasteiger partial charge in [-0.2, -0.15) is 0 Å². The van der Waals surface area contributed by atoms with Gasteiger partial charge in [-0.1, -0.05) is 36.4 Å². The van der Waals surface area contributed by atoms with Gasteiger partial charge in [-0.3, -0.25) is 14.6 Å². The van der Waals surface area contributed by atoms with Crippen LogP contribution in [0.15, 0.2) is 71.7 Å². The zero-order valence-electron chi connectivity index (χ0n) is 14.1. The standard InChI is InChI=1S/C20H19N3O2/c1-14-11-12-16(19(24)22-14)20(25)23(2)18(15-8-4-3-5-9-15)17-10-6-7-13-21-17/h3-13,18H,1-2H3,(H,22,24)/t18-/m0/s1. The molecule has 5 nitrogen and oxygen atoms in total. The van der Waals surface area contributed by atoms with Gasteiger partial charge in [0, 0.05) is 18.9 Å². The summed E-state index contributed by atoms with van der Waals surface area (Å²) >= 11 is 0. The highest BCUT2D eigenvalue weighted by Crippen LogP contribution is 2.26. The van der Waals surface area contributed by atoms with Crippen LogP contribution in [0, 0.1) is 6.92 Å². The number of H-pyrrole nitrogens is 1. The Bertz CT molecular complexity index is 881. The van der Waals surface area contributed by atoms with Gasteiger partial charge < -0.3 is 9.88 Å². The molecule has 0 unspecified atom stereocenters. The van der Waals surface area contributed by atoms with E-state index in [2.05, 4.69) is 9.97 Å². The number of benzene rings is 1. The molecule has 3 aromatic rings. The predicted molar refractivity (Wildman–Crippen MR) is 96.4 cm³/mol. The van der Waals surface area contributed by atoms with Crippen LogP contribution in [-0.2, 0) is 0 Å². The molecular weight excluding hydrogens is 314 g/mol. The highest BCUT2D eigenvalue weighted by molar-refractivity contribution is 5.94. The molecule has 1 aromatic carbocycles. The molecule has 0 aliphatic rings. The van der Waals surface area contributed by atoms with Crippen LogP contribution in [0.4, 0.5) is 0 Å². The van der Waals surface area contributed by atoms with Crippen molar-refractivity contribution in [3.8, 4) is 0 Å². The normalized spacial score (nSPS) is 11.8. The lowest BCUT2D eigenvalue weighted by Gasteiger charge is -2.28. The fourth-order valence-electron chi connectivity index (χ4n) is 2.81. The Morgan fingerprint density at radius 2 is 1.76 bits per heavy atom. The molecule has 0 spiro atoms. The fourth-order valence-corrected chi connectivity index (χ4v) is 2.81. The van der Waals surface area contributed by atoms with Gasteiger partial charge >= 0.3 is 0 Å². The summed E-state index contributed by atoms with van der Waals surface area (Å²) in [5.41, 5.74) is 2.12. The molecule has 0 saturated heterocycles. The number of rotatable bonds is 4. The van der Waals surface area contributed by atoms with Crippen LogP contribution in [0.25, 0.3) is 0 Å². The average molecular weight is 333 g/mol. The SMILES string of the molecule is Cc1ccc(C(=O)N(C)[C@@H](c2ccccc2)c2ccccn2)c(=O)[nH]1. The molecule has 0 fully saturated rings. The van der Waals surface area contributed by atoms with E-state index in [1.54, 1.807) is 37.2 Å². The fraction of sp³-hybridized carbons (Fsp3) is 0.150. The summed E-state index contributed by atoms with van der Waals surface area (Å²) in [4.78, 5) is 33.7. The Morgan fingerprint density at radius 1 is 1.04 bits per heavy atom. The number of aromatic amines is 1. The Hall–Kier alpha value is -3.21. The molecule has 0 saturated carbocycles. The van der Waals surface area contributed by atoms with Crippen molar-refractivity contribution in [1.29, 1.82) is 0 Å². The van der Waals surface area contributed by atoms with Gasteiger partial charge in [-0.05, 0) is 36.8 Å². The summed E-state index contributed by atoms with van der Waals surface area (Å²) in [7, 11) is 1.69. The Balaban J connectivity index is 2.04. The number of hydrogen-bond donors (Lipinski definition) is 1. The summed E-state index contributed by atoms with van der Waals surface area (Å²) in [5, 5.41) is 0. The maximum absolute atomic E-state index is 12.9. The van der Waals surface area contributed by atoms with Crippen LogP contribution < -0.4 is 5.56 Å². The van der Waals surface area contributed by atoms with Crippen LogP contribution in [0.3, 0.4) is 0 Å². The van der Waals surface area contributed by atoms with E-state index in [1.807, 2.05) is 48.5 Å². The Kier molecular flexibility index (Phi) is 4.75. The molecule has 25 heavy (non-hydrogen) atoms. The third-order valence-corrected chi connectivity index (χ3v) is 4.08. The largest absolute Gasteiger partial charge is 0.329 e. The third-order valence-electron chi connectivity index (χ3n) is 4.08. The summed E-state index contributed by atoms with van der Waals surface area (Å²) in [5.74, 6) is -0.347. The molecule has 3 rings (SSSR count). The molecule has 2 heterocycles. The molecule has 126 valence electrons. The zero-order chi connectivity index (χ0) is 17.8. The van der Waals surface area contributed by atoms with Gasteiger partial charge in [-0.15, -0.1) is 0 Å². The second-order valence-electron chi connectivity index (χ2n) is 5.87. The lowest BCUT2D eigenvalue weighted by atomic mass is 10.0. The number of pyridine rings is 2. The number of aryl methyl sites for hydroxylation is 1. The van der Waals surface area contributed by atoms with Crippen molar-refractivity contribution < 1.29 is 4.79 Å². The predicted octanol–water partition coefficient (Wildman–Crippen LogP) is 2.94. The minimum Gasteiger partial charge on any atom is -0.329 e. The molecule has 0 bridgehead atoms. The minimum atomic E-state index is -0.385. The highest BCUT2D eigenvalue weighted by atomic mass is 16.2. The van der Waals surface area contributed by atoms with Crippen molar-refractivity contribution in [2.24, 2.45) is 0 Å². The zero-order valence-corrected chi connectivity index (χ0v) is 14.1. The number of carbonyl (C=O) groups excluding carboxylic acids is 1. The first-order valence-electron chi connectivity index (χ1n) is 8.01. The third kappa shape index (κ3) is 3.50. The van der Waals surface area contributed by atoms with E-state index in [1.165, 1.54) is 0 Å². The van der Waals surface area contributed by atoms with Crippen LogP contribution in [0.5, 0.6) is 0 Å². The van der Waals surface area contributed by atoms with Crippen molar-refractivity contribution in [3.63, 3.8) is 0 Å². The van der Waals surface area contributed by atoms with E-state index in [0.717, 1.165) is 11.3 Å². The number of nitrogens with zero attached hydrogens (tertiary/aromatic N) is 2. The van der Waals surface area contributed by atoms with Crippen LogP contribution in [-0.4, -0.2) is 27.8 Å². The topological polar surface area (TPSA) is 66.1 Å². The summed E-state index contributed by atoms with van der Waals surface area (Å²) in [6.45, 7) is 1.78. The summed E-state index contributed by atoms with van der Waals surface area (Å²) < 4.78 is 0. The van der Waals surface area contributed by atoms with E-state index >= 15 is 0 Å². The first-order valence-corrected chi connectivity index (χ1v) is 8.01. The maximum atomic E-state index is 12.9. The molecule has 0 aliphatic carbocycles. The average Bonchev–Trinajstić information content (AvgIpc) is 2.63. The van der Waals surface area contributed by atoms with Gasteiger partial charge in [0.1, 0.15) is 5.56 Å². The van der Waals surface area contributed by atoms with Gasteiger partial charge in [0.25, 0.3) is 11.5 Å². The van der Waals surface area contributed by atoms with Crippen LogP contribution >= 0.6 is 0 Å². The van der Waals surface area contributed by atoms with Crippen molar-refractivity contribution in [2.45, 2.75) is 13.0 Å². The monoisotopic (exact) mass is 333 g/mol. The van der Waals surface area contributed by atoms with Crippen molar-refractivity contribution in [1.82, 2.24) is 14.9 Å². The first-order chi connectivity index (χ1) is 12.1. The van der Waals surface area contributed by atoms with Gasteiger partial charge in [0.15, 0.2) is 0 Å². The van der Waals surface area contributed by atoms with Gasteiger partial charge in [0.05, 0.1) is 11.7 Å². The smallest absolute Gasteiger partial charge is 0.260 e. The highest BCUT2D eigenvalue weighted by Gasteiger charge is 2.26. The first kappa shape index (κ1) is 16.6. The van der Waals surface area contributed by atoms with Crippen molar-refractivity contribution >= 4 is 5.91 Å². The number of aromatic nitrogens is 2. The Morgan fingerprint density at radius 3 is 2.40 bits per heavy atom. The van der Waals surface area contributed by atoms with E-state index in [4.69, 9.17) is 0 Å². The van der Waals surface area contributed by atoms with Crippen LogP contribution in [0.1, 0.15) is 33.4 Å². The van der Waals surface area contributed by atoms with E-state index < -0.39 is 0 Å². The van der Waals surface area contributed by atoms with Crippen LogP contribution in [0.2, 0.25) is 0 Å². The van der Waals surface area contributed by atoms with Gasteiger partial charge in [-0.25, -0.2) is 0 Å². The number of nitrogens with one attached hydrogen (secondary N) is 1. The summed E-state index contributed by atoms with van der Waals surface area (Å²) in [6.07, 6.45) is 1.70. The number of hydrogen-bond acceptors (Lipinski definition) is 3. The number of amides is 1. The second-order valence-corrected chi connectivity index (χ2v) is 5.87. The summed E-state index contributed by atoms with van der Waals surface area (Å²) in [6, 6.07) is 18.2. The lowest BCUT2D eigenvalue weighted by Crippen LogP contribution is -2.35. The molecule has 0 aliphatic heterocycles. The minimum absolute atomic E-state index is 0.116. The van der Waals surface area contributed by atoms with Crippen molar-refractivity contribution in [2.75, 3.05) is 7.05 Å². The van der Waals surface area contributed by atoms with E-state index in [9.17, 15) is 9.59 Å². The van der Waals surface area contributed by atoms with Gasteiger partial charge in [0.2, 0.25) is 0 Å². The molecule has 1 atom stereocenters. The molecule has 2 aromatic heterocycles. The molecular formula is C20H19N3O2. The van der Waals surface area contributed by atoms with E-state index in [0.29, 0.717) is 5.69 Å². The molecule has 5 heteroatoms. The second kappa shape index (κ2) is 7.13. The lowest BCUT2D eigenvalue weighted by molar-refractivity contribution is 0.0751.